The van der Waals surface area contributed by atoms with E-state index in [9.17, 15) is 9.59 Å². The van der Waals surface area contributed by atoms with E-state index in [0.29, 0.717) is 0 Å². The minimum absolute atomic E-state index is 0.161. The van der Waals surface area contributed by atoms with Gasteiger partial charge in [-0.15, -0.1) is 0 Å². The van der Waals surface area contributed by atoms with Crippen molar-refractivity contribution < 1.29 is 14.8 Å². The van der Waals surface area contributed by atoms with Crippen LogP contribution in [0.15, 0.2) is 5.16 Å². The van der Waals surface area contributed by atoms with Crippen LogP contribution >= 0.6 is 0 Å². The lowest BCUT2D eigenvalue weighted by molar-refractivity contribution is -0.116. The first-order valence-corrected chi connectivity index (χ1v) is 3.75. The fourth-order valence-corrected chi connectivity index (χ4v) is 0.790. The molecule has 0 radical (unpaired) electrons. The van der Waals surface area contributed by atoms with Crippen LogP contribution < -0.4 is 0 Å². The molecule has 0 aliphatic carbocycles. The Balaban J connectivity index is 4.35. The highest BCUT2D eigenvalue weighted by atomic mass is 16.4. The van der Waals surface area contributed by atoms with Gasteiger partial charge >= 0.3 is 0 Å². The molecule has 0 aromatic carbocycles. The molecule has 4 heteroatoms. The van der Waals surface area contributed by atoms with Crippen molar-refractivity contribution in [3.05, 3.63) is 0 Å². The molecule has 0 amide bonds. The number of carbonyl (C=O) groups excluding carboxylic acids is 2. The number of Topliss-reactive ketones (excluding diaryl/α,β-unsaturated/α-hetero) is 2. The van der Waals surface area contributed by atoms with Crippen molar-refractivity contribution in [1.82, 2.24) is 0 Å². The van der Waals surface area contributed by atoms with E-state index in [0.717, 1.165) is 0 Å². The van der Waals surface area contributed by atoms with Crippen LogP contribution in [0.4, 0.5) is 0 Å². The smallest absolute Gasteiger partial charge is 0.188 e. The van der Waals surface area contributed by atoms with Crippen LogP contribution in [0.2, 0.25) is 0 Å². The Morgan fingerprint density at radius 3 is 2.17 bits per heavy atom. The molecule has 0 aromatic heterocycles. The summed E-state index contributed by atoms with van der Waals surface area (Å²) >= 11 is 0. The zero-order valence-electron chi connectivity index (χ0n) is 7.50. The van der Waals surface area contributed by atoms with E-state index in [-0.39, 0.29) is 18.1 Å². The Morgan fingerprint density at radius 1 is 1.42 bits per heavy atom. The second kappa shape index (κ2) is 4.64. The van der Waals surface area contributed by atoms with Crippen LogP contribution in [0.25, 0.3) is 0 Å². The topological polar surface area (TPSA) is 66.7 Å². The first kappa shape index (κ1) is 10.8. The van der Waals surface area contributed by atoms with Gasteiger partial charge in [-0.05, 0) is 5.92 Å². The minimum Gasteiger partial charge on any atom is -0.410 e. The van der Waals surface area contributed by atoms with Crippen molar-refractivity contribution >= 4 is 17.3 Å². The minimum atomic E-state index is -0.497. The zero-order valence-corrected chi connectivity index (χ0v) is 7.50. The van der Waals surface area contributed by atoms with Crippen LogP contribution in [0.5, 0.6) is 0 Å². The standard InChI is InChI=1S/C8H13NO3/c1-5(2)4-7(11)8(9-12)6(3)10/h5,12H,4H2,1-3H3/b9-8+. The average molecular weight is 171 g/mol. The zero-order chi connectivity index (χ0) is 9.72. The molecule has 1 N–H and O–H groups in total. The molecule has 0 spiro atoms. The largest absolute Gasteiger partial charge is 0.410 e. The summed E-state index contributed by atoms with van der Waals surface area (Å²) in [5.41, 5.74) is -0.358. The van der Waals surface area contributed by atoms with Gasteiger partial charge < -0.3 is 5.21 Å². The fraction of sp³-hybridized carbons (Fsp3) is 0.625. The van der Waals surface area contributed by atoms with Gasteiger partial charge in [-0.3, -0.25) is 9.59 Å². The van der Waals surface area contributed by atoms with Gasteiger partial charge in [0.25, 0.3) is 0 Å². The summed E-state index contributed by atoms with van der Waals surface area (Å²) in [5, 5.41) is 11.0. The van der Waals surface area contributed by atoms with Crippen molar-refractivity contribution in [2.24, 2.45) is 11.1 Å². The van der Waals surface area contributed by atoms with Crippen LogP contribution in [0, 0.1) is 5.92 Å². The molecule has 0 aromatic rings. The van der Waals surface area contributed by atoms with Gasteiger partial charge in [-0.25, -0.2) is 0 Å². The Morgan fingerprint density at radius 2 is 1.92 bits per heavy atom. The summed E-state index contributed by atoms with van der Waals surface area (Å²) in [6.45, 7) is 4.91. The molecule has 0 saturated heterocycles. The van der Waals surface area contributed by atoms with Gasteiger partial charge in [0.05, 0.1) is 0 Å². The first-order valence-electron chi connectivity index (χ1n) is 3.75. The normalized spacial score (nSPS) is 11.8. The van der Waals surface area contributed by atoms with E-state index in [1.165, 1.54) is 6.92 Å². The van der Waals surface area contributed by atoms with E-state index in [2.05, 4.69) is 5.16 Å². The summed E-state index contributed by atoms with van der Waals surface area (Å²) in [6, 6.07) is 0. The highest BCUT2D eigenvalue weighted by Gasteiger charge is 2.17. The SMILES string of the molecule is CC(=O)/C(=N\O)C(=O)CC(C)C. The van der Waals surface area contributed by atoms with Crippen LogP contribution in [-0.4, -0.2) is 22.5 Å². The lowest BCUT2D eigenvalue weighted by Crippen LogP contribution is -2.23. The Labute approximate surface area is 71.3 Å². The van der Waals surface area contributed by atoms with Crippen LogP contribution in [0.1, 0.15) is 27.2 Å². The molecular weight excluding hydrogens is 158 g/mol. The molecule has 0 aliphatic heterocycles. The predicted octanol–water partition coefficient (Wildman–Crippen LogP) is 1.02. The maximum Gasteiger partial charge on any atom is 0.188 e. The molecule has 12 heavy (non-hydrogen) atoms. The van der Waals surface area contributed by atoms with Crippen LogP contribution in [0.3, 0.4) is 0 Å². The highest BCUT2D eigenvalue weighted by molar-refractivity contribution is 6.65. The van der Waals surface area contributed by atoms with Gasteiger partial charge in [0.15, 0.2) is 17.3 Å². The number of hydrogen-bond acceptors (Lipinski definition) is 4. The summed E-state index contributed by atoms with van der Waals surface area (Å²) in [7, 11) is 0. The number of oxime groups is 1. The quantitative estimate of drug-likeness (QED) is 0.297. The second-order valence-corrected chi connectivity index (χ2v) is 3.03. The molecule has 0 rings (SSSR count). The van der Waals surface area contributed by atoms with Crippen molar-refractivity contribution in [1.29, 1.82) is 0 Å². The number of rotatable bonds is 4. The van der Waals surface area contributed by atoms with Gasteiger partial charge in [-0.2, -0.15) is 0 Å². The lowest BCUT2D eigenvalue weighted by atomic mass is 10.0. The van der Waals surface area contributed by atoms with E-state index >= 15 is 0 Å². The molecule has 0 atom stereocenters. The first-order chi connectivity index (χ1) is 5.49. The number of hydrogen-bond donors (Lipinski definition) is 1. The third kappa shape index (κ3) is 3.27. The van der Waals surface area contributed by atoms with E-state index in [1.54, 1.807) is 0 Å². The molecule has 0 heterocycles. The highest BCUT2D eigenvalue weighted by Crippen LogP contribution is 2.01. The predicted molar refractivity (Wildman–Crippen MR) is 44.4 cm³/mol. The van der Waals surface area contributed by atoms with Gasteiger partial charge in [-0.1, -0.05) is 19.0 Å². The maximum atomic E-state index is 11.1. The summed E-state index contributed by atoms with van der Waals surface area (Å²) in [6.07, 6.45) is 0.235. The summed E-state index contributed by atoms with van der Waals surface area (Å²) in [4.78, 5) is 21.8. The third-order valence-corrected chi connectivity index (χ3v) is 1.29. The lowest BCUT2D eigenvalue weighted by Gasteiger charge is -2.01. The molecule has 0 aliphatic rings. The molecule has 0 saturated carbocycles. The third-order valence-electron chi connectivity index (χ3n) is 1.29. The van der Waals surface area contributed by atoms with E-state index in [4.69, 9.17) is 5.21 Å². The summed E-state index contributed by atoms with van der Waals surface area (Å²) in [5.74, 6) is -0.739. The van der Waals surface area contributed by atoms with Gasteiger partial charge in [0, 0.05) is 13.3 Å². The molecular formula is C8H13NO3. The molecule has 4 nitrogen and oxygen atoms in total. The van der Waals surface area contributed by atoms with Crippen molar-refractivity contribution in [3.63, 3.8) is 0 Å². The maximum absolute atomic E-state index is 11.1. The average Bonchev–Trinajstić information content (AvgIpc) is 1.85. The monoisotopic (exact) mass is 171 g/mol. The Bertz CT molecular complexity index is 218. The van der Waals surface area contributed by atoms with Crippen molar-refractivity contribution in [3.8, 4) is 0 Å². The van der Waals surface area contributed by atoms with Crippen molar-refractivity contribution in [2.45, 2.75) is 27.2 Å². The Hall–Kier alpha value is -1.19. The van der Waals surface area contributed by atoms with E-state index in [1.807, 2.05) is 13.8 Å². The molecule has 0 fully saturated rings. The molecule has 68 valence electrons. The summed E-state index contributed by atoms with van der Waals surface area (Å²) < 4.78 is 0. The number of ketones is 2. The number of nitrogens with zero attached hydrogens (tertiary/aromatic N) is 1. The number of carbonyl (C=O) groups is 2. The van der Waals surface area contributed by atoms with Crippen molar-refractivity contribution in [2.75, 3.05) is 0 Å². The van der Waals surface area contributed by atoms with Crippen LogP contribution in [-0.2, 0) is 9.59 Å². The second-order valence-electron chi connectivity index (χ2n) is 3.03. The Kier molecular flexibility index (Phi) is 4.18. The van der Waals surface area contributed by atoms with Gasteiger partial charge in [0.2, 0.25) is 0 Å². The van der Waals surface area contributed by atoms with E-state index < -0.39 is 11.6 Å². The fourth-order valence-electron chi connectivity index (χ4n) is 0.790. The van der Waals surface area contributed by atoms with Gasteiger partial charge in [0.1, 0.15) is 0 Å². The molecule has 0 unspecified atom stereocenters. The molecule has 0 bridgehead atoms.